The fourth-order valence-corrected chi connectivity index (χ4v) is 2.40. The van der Waals surface area contributed by atoms with Gasteiger partial charge in [0.1, 0.15) is 13.2 Å². The van der Waals surface area contributed by atoms with Crippen molar-refractivity contribution in [2.45, 2.75) is 6.61 Å². The molecule has 0 spiro atoms. The predicted molar refractivity (Wildman–Crippen MR) is 84.8 cm³/mol. The number of carbonyl (C=O) groups is 2. The van der Waals surface area contributed by atoms with E-state index in [2.05, 4.69) is 10.1 Å². The number of hydrogen-bond acceptors (Lipinski definition) is 3. The maximum absolute atomic E-state index is 13.5. The van der Waals surface area contributed by atoms with E-state index >= 15 is 0 Å². The van der Waals surface area contributed by atoms with Gasteiger partial charge in [-0.05, 0) is 18.2 Å². The summed E-state index contributed by atoms with van der Waals surface area (Å²) in [6.07, 6.45) is 0. The second kappa shape index (κ2) is 8.53. The molecular weight excluding hydrogens is 420 g/mol. The minimum atomic E-state index is -2.33. The fraction of sp³-hybridized carbons (Fsp3) is 0.125. The normalized spacial score (nSPS) is 10.6. The second-order valence-electron chi connectivity index (χ2n) is 5.02. The summed E-state index contributed by atoms with van der Waals surface area (Å²) in [6, 6.07) is 3.96. The Morgan fingerprint density at radius 2 is 1.48 bits per heavy atom. The van der Waals surface area contributed by atoms with Gasteiger partial charge in [-0.25, -0.2) is 22.0 Å². The number of halogens is 7. The van der Waals surface area contributed by atoms with Gasteiger partial charge in [-0.15, -0.1) is 0 Å². The Labute approximate surface area is 158 Å². The molecule has 2 aromatic carbocycles. The molecule has 0 bridgehead atoms. The van der Waals surface area contributed by atoms with Crippen molar-refractivity contribution >= 4 is 35.1 Å². The first kappa shape index (κ1) is 20.9. The highest BCUT2D eigenvalue weighted by Gasteiger charge is 2.26. The quantitative estimate of drug-likeness (QED) is 0.337. The summed E-state index contributed by atoms with van der Waals surface area (Å²) >= 11 is 11.5. The zero-order valence-electron chi connectivity index (χ0n) is 13.0. The van der Waals surface area contributed by atoms with Crippen molar-refractivity contribution in [3.8, 4) is 0 Å². The van der Waals surface area contributed by atoms with Gasteiger partial charge < -0.3 is 10.1 Å². The molecule has 1 N–H and O–H groups in total. The number of esters is 1. The van der Waals surface area contributed by atoms with Crippen LogP contribution in [0.5, 0.6) is 0 Å². The SMILES string of the molecule is O=C(CNC(=O)c1ccc(Cl)cc1Cl)OCc1c(F)c(F)c(F)c(F)c1F. The van der Waals surface area contributed by atoms with Crippen LogP contribution in [-0.2, 0) is 16.1 Å². The number of ether oxygens (including phenoxy) is 1. The molecule has 0 saturated heterocycles. The zero-order chi connectivity index (χ0) is 20.3. The van der Waals surface area contributed by atoms with Gasteiger partial charge in [0.2, 0.25) is 5.82 Å². The number of hydrogen-bond donors (Lipinski definition) is 1. The van der Waals surface area contributed by atoms with Crippen LogP contribution >= 0.6 is 23.2 Å². The summed E-state index contributed by atoms with van der Waals surface area (Å²) < 4.78 is 70.4. The number of nitrogens with one attached hydrogen (secondary N) is 1. The molecular formula is C16H8Cl2F5NO3. The molecule has 11 heteroatoms. The summed E-state index contributed by atoms with van der Waals surface area (Å²) in [7, 11) is 0. The molecule has 2 rings (SSSR count). The molecule has 1 amide bonds. The van der Waals surface area contributed by atoms with Gasteiger partial charge in [0.15, 0.2) is 23.3 Å². The van der Waals surface area contributed by atoms with Gasteiger partial charge >= 0.3 is 5.97 Å². The van der Waals surface area contributed by atoms with Crippen molar-refractivity contribution in [1.29, 1.82) is 0 Å². The highest BCUT2D eigenvalue weighted by molar-refractivity contribution is 6.36. The molecule has 0 saturated carbocycles. The van der Waals surface area contributed by atoms with E-state index in [0.29, 0.717) is 0 Å². The Kier molecular flexibility index (Phi) is 6.61. The smallest absolute Gasteiger partial charge is 0.325 e. The van der Waals surface area contributed by atoms with Crippen LogP contribution in [0.1, 0.15) is 15.9 Å². The molecule has 0 aliphatic rings. The largest absolute Gasteiger partial charge is 0.459 e. The van der Waals surface area contributed by atoms with Gasteiger partial charge in [-0.2, -0.15) is 0 Å². The Morgan fingerprint density at radius 3 is 2.04 bits per heavy atom. The molecule has 0 radical (unpaired) electrons. The summed E-state index contributed by atoms with van der Waals surface area (Å²) in [5, 5.41) is 2.41. The van der Waals surface area contributed by atoms with Crippen LogP contribution < -0.4 is 5.32 Å². The fourth-order valence-electron chi connectivity index (χ4n) is 1.90. The van der Waals surface area contributed by atoms with Crippen LogP contribution in [0.25, 0.3) is 0 Å². The lowest BCUT2D eigenvalue weighted by Crippen LogP contribution is -2.31. The van der Waals surface area contributed by atoms with E-state index in [0.717, 1.165) is 0 Å². The molecule has 0 fully saturated rings. The third-order valence-corrected chi connectivity index (χ3v) is 3.80. The number of benzene rings is 2. The number of rotatable bonds is 5. The van der Waals surface area contributed by atoms with Gasteiger partial charge in [0, 0.05) is 5.02 Å². The van der Waals surface area contributed by atoms with Crippen LogP contribution in [0.4, 0.5) is 22.0 Å². The zero-order valence-corrected chi connectivity index (χ0v) is 14.5. The third kappa shape index (κ3) is 4.67. The Balaban J connectivity index is 1.98. The van der Waals surface area contributed by atoms with Crippen molar-refractivity contribution in [3.05, 3.63) is 68.5 Å². The summed E-state index contributed by atoms with van der Waals surface area (Å²) in [5.74, 6) is -12.8. The van der Waals surface area contributed by atoms with E-state index < -0.39 is 59.7 Å². The summed E-state index contributed by atoms with van der Waals surface area (Å²) in [6.45, 7) is -1.96. The topological polar surface area (TPSA) is 55.4 Å². The minimum Gasteiger partial charge on any atom is -0.459 e. The first-order valence-corrected chi connectivity index (χ1v) is 7.78. The van der Waals surface area contributed by atoms with Crippen molar-refractivity contribution in [2.24, 2.45) is 0 Å². The molecule has 144 valence electrons. The van der Waals surface area contributed by atoms with E-state index in [1.165, 1.54) is 18.2 Å². The lowest BCUT2D eigenvalue weighted by molar-refractivity contribution is -0.143. The van der Waals surface area contributed by atoms with E-state index in [-0.39, 0.29) is 15.6 Å². The second-order valence-corrected chi connectivity index (χ2v) is 5.86. The van der Waals surface area contributed by atoms with Crippen LogP contribution in [-0.4, -0.2) is 18.4 Å². The first-order valence-electron chi connectivity index (χ1n) is 7.02. The maximum Gasteiger partial charge on any atom is 0.325 e. The Hall–Kier alpha value is -2.39. The highest BCUT2D eigenvalue weighted by Crippen LogP contribution is 2.24. The maximum atomic E-state index is 13.5. The minimum absolute atomic E-state index is 0.00590. The van der Waals surface area contributed by atoms with Crippen LogP contribution in [0.3, 0.4) is 0 Å². The van der Waals surface area contributed by atoms with E-state index in [1.807, 2.05) is 0 Å². The first-order chi connectivity index (χ1) is 12.6. The molecule has 4 nitrogen and oxygen atoms in total. The molecule has 0 heterocycles. The van der Waals surface area contributed by atoms with Gasteiger partial charge in [0.05, 0.1) is 16.1 Å². The van der Waals surface area contributed by atoms with Crippen molar-refractivity contribution in [3.63, 3.8) is 0 Å². The van der Waals surface area contributed by atoms with Crippen LogP contribution in [0, 0.1) is 29.1 Å². The number of amides is 1. The van der Waals surface area contributed by atoms with Crippen molar-refractivity contribution < 1.29 is 36.3 Å². The molecule has 0 aliphatic heterocycles. The lowest BCUT2D eigenvalue weighted by atomic mass is 10.2. The monoisotopic (exact) mass is 427 g/mol. The molecule has 27 heavy (non-hydrogen) atoms. The average Bonchev–Trinajstić information content (AvgIpc) is 2.62. The molecule has 0 atom stereocenters. The molecule has 0 unspecified atom stereocenters. The summed E-state index contributed by atoms with van der Waals surface area (Å²) in [4.78, 5) is 23.4. The number of carbonyl (C=O) groups excluding carboxylic acids is 2. The Bertz CT molecular complexity index is 894. The average molecular weight is 428 g/mol. The lowest BCUT2D eigenvalue weighted by Gasteiger charge is -2.10. The highest BCUT2D eigenvalue weighted by atomic mass is 35.5. The molecule has 2 aromatic rings. The van der Waals surface area contributed by atoms with Gasteiger partial charge in [0.25, 0.3) is 5.91 Å². The molecule has 0 aliphatic carbocycles. The van der Waals surface area contributed by atoms with Crippen LogP contribution in [0.2, 0.25) is 10.0 Å². The van der Waals surface area contributed by atoms with Crippen LogP contribution in [0.15, 0.2) is 18.2 Å². The van der Waals surface area contributed by atoms with Gasteiger partial charge in [-0.3, -0.25) is 9.59 Å². The van der Waals surface area contributed by atoms with E-state index in [9.17, 15) is 31.5 Å². The predicted octanol–water partition coefficient (Wildman–Crippen LogP) is 4.16. The summed E-state index contributed by atoms with van der Waals surface area (Å²) in [5.41, 5.74) is -1.32. The standard InChI is InChI=1S/C16H8Cl2F5NO3/c17-6-1-2-7(9(18)3-6)16(26)24-4-10(25)27-5-8-11(19)13(21)15(23)14(22)12(8)20/h1-3H,4-5H2,(H,24,26). The van der Waals surface area contributed by atoms with Crippen molar-refractivity contribution in [1.82, 2.24) is 5.32 Å². The van der Waals surface area contributed by atoms with Gasteiger partial charge in [-0.1, -0.05) is 23.2 Å². The van der Waals surface area contributed by atoms with E-state index in [1.54, 1.807) is 0 Å². The van der Waals surface area contributed by atoms with E-state index in [4.69, 9.17) is 23.2 Å². The van der Waals surface area contributed by atoms with Crippen molar-refractivity contribution in [2.75, 3.05) is 6.54 Å². The third-order valence-electron chi connectivity index (χ3n) is 3.25. The Morgan fingerprint density at radius 1 is 0.926 bits per heavy atom. The molecule has 0 aromatic heterocycles.